The third-order valence-corrected chi connectivity index (χ3v) is 5.67. The van der Waals surface area contributed by atoms with Gasteiger partial charge in [0.2, 0.25) is 10.0 Å². The predicted octanol–water partition coefficient (Wildman–Crippen LogP) is 3.35. The van der Waals surface area contributed by atoms with Gasteiger partial charge in [0.05, 0.1) is 31.2 Å². The molecule has 27 heavy (non-hydrogen) atoms. The Morgan fingerprint density at radius 2 is 1.67 bits per heavy atom. The minimum atomic E-state index is -3.78. The van der Waals surface area contributed by atoms with Crippen molar-refractivity contribution in [2.24, 2.45) is 0 Å². The molecule has 144 valence electrons. The number of esters is 1. The first-order chi connectivity index (χ1) is 12.7. The monoisotopic (exact) mass is 450 g/mol. The fraction of sp³-hybridized carbons (Fsp3) is 0.125. The number of anilines is 1. The van der Waals surface area contributed by atoms with E-state index in [2.05, 4.69) is 10.0 Å². The smallest absolute Gasteiger partial charge is 0.340 e. The second-order valence-electron chi connectivity index (χ2n) is 5.07. The number of ether oxygens (including phenoxy) is 1. The molecule has 2 aromatic rings. The number of sulfonamides is 1. The Hall–Kier alpha value is -1.84. The van der Waals surface area contributed by atoms with Crippen LogP contribution in [0.1, 0.15) is 10.4 Å². The summed E-state index contributed by atoms with van der Waals surface area (Å²) < 4.78 is 30.7. The molecule has 0 heterocycles. The minimum Gasteiger partial charge on any atom is -0.452 e. The average Bonchev–Trinajstić information content (AvgIpc) is 2.63. The van der Waals surface area contributed by atoms with Gasteiger partial charge >= 0.3 is 5.97 Å². The van der Waals surface area contributed by atoms with E-state index in [1.165, 1.54) is 31.3 Å². The van der Waals surface area contributed by atoms with Crippen molar-refractivity contribution >= 4 is 62.4 Å². The molecule has 11 heteroatoms. The van der Waals surface area contributed by atoms with Crippen molar-refractivity contribution < 1.29 is 22.7 Å². The van der Waals surface area contributed by atoms with E-state index in [9.17, 15) is 18.0 Å². The quantitative estimate of drug-likeness (QED) is 0.656. The number of carbonyl (C=O) groups is 2. The third-order valence-electron chi connectivity index (χ3n) is 3.30. The molecule has 0 fully saturated rings. The van der Waals surface area contributed by atoms with Gasteiger partial charge in [-0.05, 0) is 37.4 Å². The lowest BCUT2D eigenvalue weighted by Crippen LogP contribution is -2.22. The maximum Gasteiger partial charge on any atom is 0.340 e. The molecule has 2 N–H and O–H groups in total. The number of benzene rings is 2. The standard InChI is InChI=1S/C16H13Cl3N2O5S/c1-20-27(24,25)9-5-6-11(17)10(7-9)16(23)26-8-14(22)21-15-12(18)3-2-4-13(15)19/h2-7,20H,8H2,1H3,(H,21,22). The van der Waals surface area contributed by atoms with Crippen LogP contribution in [0.5, 0.6) is 0 Å². The van der Waals surface area contributed by atoms with Crippen LogP contribution in [0.2, 0.25) is 15.1 Å². The normalized spacial score (nSPS) is 11.1. The van der Waals surface area contributed by atoms with Gasteiger partial charge in [-0.3, -0.25) is 4.79 Å². The highest BCUT2D eigenvalue weighted by Crippen LogP contribution is 2.29. The average molecular weight is 452 g/mol. The lowest BCUT2D eigenvalue weighted by atomic mass is 10.2. The van der Waals surface area contributed by atoms with Crippen LogP contribution in [0.3, 0.4) is 0 Å². The van der Waals surface area contributed by atoms with Crippen molar-refractivity contribution in [2.75, 3.05) is 19.0 Å². The lowest BCUT2D eigenvalue weighted by molar-refractivity contribution is -0.119. The van der Waals surface area contributed by atoms with Crippen molar-refractivity contribution in [2.45, 2.75) is 4.90 Å². The number of para-hydroxylation sites is 1. The summed E-state index contributed by atoms with van der Waals surface area (Å²) in [5, 5.41) is 2.84. The molecule has 0 aliphatic heterocycles. The fourth-order valence-corrected chi connectivity index (χ4v) is 3.39. The summed E-state index contributed by atoms with van der Waals surface area (Å²) in [6.45, 7) is -0.653. The molecule has 0 saturated heterocycles. The van der Waals surface area contributed by atoms with Gasteiger partial charge in [-0.2, -0.15) is 0 Å². The van der Waals surface area contributed by atoms with Crippen LogP contribution in [-0.2, 0) is 19.6 Å². The first kappa shape index (κ1) is 21.5. The van der Waals surface area contributed by atoms with Crippen LogP contribution in [-0.4, -0.2) is 33.9 Å². The van der Waals surface area contributed by atoms with Crippen LogP contribution in [0.15, 0.2) is 41.3 Å². The second-order valence-corrected chi connectivity index (χ2v) is 8.18. The first-order valence-electron chi connectivity index (χ1n) is 7.30. The molecule has 0 unspecified atom stereocenters. The number of rotatable bonds is 6. The largest absolute Gasteiger partial charge is 0.452 e. The highest BCUT2D eigenvalue weighted by Gasteiger charge is 2.19. The molecule has 1 amide bonds. The molecule has 0 atom stereocenters. The molecule has 0 saturated carbocycles. The Bertz CT molecular complexity index is 975. The highest BCUT2D eigenvalue weighted by atomic mass is 35.5. The summed E-state index contributed by atoms with van der Waals surface area (Å²) in [5.74, 6) is -1.65. The van der Waals surface area contributed by atoms with Crippen LogP contribution in [0.4, 0.5) is 5.69 Å². The lowest BCUT2D eigenvalue weighted by Gasteiger charge is -2.10. The Labute approximate surface area is 170 Å². The van der Waals surface area contributed by atoms with Crippen LogP contribution in [0.25, 0.3) is 0 Å². The van der Waals surface area contributed by atoms with E-state index in [1.807, 2.05) is 0 Å². The maximum atomic E-state index is 12.2. The molecule has 0 bridgehead atoms. The van der Waals surface area contributed by atoms with E-state index in [1.54, 1.807) is 6.07 Å². The molecule has 0 aromatic heterocycles. The maximum absolute atomic E-state index is 12.2. The summed E-state index contributed by atoms with van der Waals surface area (Å²) >= 11 is 17.8. The number of amides is 1. The van der Waals surface area contributed by atoms with Gasteiger partial charge in [-0.25, -0.2) is 17.9 Å². The topological polar surface area (TPSA) is 102 Å². The summed E-state index contributed by atoms with van der Waals surface area (Å²) in [6, 6.07) is 8.20. The zero-order chi connectivity index (χ0) is 20.2. The Kier molecular flexibility index (Phi) is 7.07. The molecular formula is C16H13Cl3N2O5S. The summed E-state index contributed by atoms with van der Waals surface area (Å²) in [7, 11) is -2.55. The van der Waals surface area contributed by atoms with E-state index in [0.717, 1.165) is 6.07 Å². The number of carbonyl (C=O) groups excluding carboxylic acids is 2. The first-order valence-corrected chi connectivity index (χ1v) is 9.91. The summed E-state index contributed by atoms with van der Waals surface area (Å²) in [6.07, 6.45) is 0. The van der Waals surface area contributed by atoms with Crippen molar-refractivity contribution in [1.82, 2.24) is 4.72 Å². The van der Waals surface area contributed by atoms with Crippen molar-refractivity contribution in [3.8, 4) is 0 Å². The van der Waals surface area contributed by atoms with Crippen molar-refractivity contribution in [1.29, 1.82) is 0 Å². The number of halogens is 3. The fourth-order valence-electron chi connectivity index (χ4n) is 1.95. The van der Waals surface area contributed by atoms with Gasteiger partial charge in [0, 0.05) is 0 Å². The van der Waals surface area contributed by atoms with E-state index >= 15 is 0 Å². The Balaban J connectivity index is 2.10. The minimum absolute atomic E-state index is 0.0235. The molecule has 0 aliphatic carbocycles. The number of hydrogen-bond acceptors (Lipinski definition) is 5. The molecule has 0 spiro atoms. The third kappa shape index (κ3) is 5.33. The zero-order valence-electron chi connectivity index (χ0n) is 13.8. The van der Waals surface area contributed by atoms with Gasteiger partial charge in [-0.15, -0.1) is 0 Å². The highest BCUT2D eigenvalue weighted by molar-refractivity contribution is 7.89. The Morgan fingerprint density at radius 1 is 1.04 bits per heavy atom. The van der Waals surface area contributed by atoms with Crippen molar-refractivity contribution in [3.63, 3.8) is 0 Å². The second kappa shape index (κ2) is 8.90. The molecule has 2 aromatic carbocycles. The number of nitrogens with one attached hydrogen (secondary N) is 2. The Morgan fingerprint density at radius 3 is 2.26 bits per heavy atom. The molecule has 7 nitrogen and oxygen atoms in total. The van der Waals surface area contributed by atoms with E-state index in [-0.39, 0.29) is 31.2 Å². The van der Waals surface area contributed by atoms with Crippen LogP contribution < -0.4 is 10.0 Å². The van der Waals surface area contributed by atoms with E-state index in [4.69, 9.17) is 39.5 Å². The summed E-state index contributed by atoms with van der Waals surface area (Å²) in [5.41, 5.74) is -0.0152. The van der Waals surface area contributed by atoms with Gasteiger partial charge < -0.3 is 10.1 Å². The summed E-state index contributed by atoms with van der Waals surface area (Å²) in [4.78, 5) is 24.0. The zero-order valence-corrected chi connectivity index (χ0v) is 16.8. The van der Waals surface area contributed by atoms with E-state index < -0.39 is 28.5 Å². The van der Waals surface area contributed by atoms with Crippen LogP contribution in [0, 0.1) is 0 Å². The molecule has 0 radical (unpaired) electrons. The number of hydrogen-bond donors (Lipinski definition) is 2. The molecule has 0 aliphatic rings. The van der Waals surface area contributed by atoms with Gasteiger partial charge in [0.1, 0.15) is 0 Å². The predicted molar refractivity (Wildman–Crippen MR) is 103 cm³/mol. The van der Waals surface area contributed by atoms with Gasteiger partial charge in [-0.1, -0.05) is 40.9 Å². The van der Waals surface area contributed by atoms with Crippen molar-refractivity contribution in [3.05, 3.63) is 57.0 Å². The molecular weight excluding hydrogens is 439 g/mol. The van der Waals surface area contributed by atoms with E-state index in [0.29, 0.717) is 0 Å². The van der Waals surface area contributed by atoms with Gasteiger partial charge in [0.25, 0.3) is 5.91 Å². The molecule has 2 rings (SSSR count). The SMILES string of the molecule is CNS(=O)(=O)c1ccc(Cl)c(C(=O)OCC(=O)Nc2c(Cl)cccc2Cl)c1. The van der Waals surface area contributed by atoms with Gasteiger partial charge in [0.15, 0.2) is 6.61 Å². The van der Waals surface area contributed by atoms with Crippen LogP contribution >= 0.6 is 34.8 Å².